The summed E-state index contributed by atoms with van der Waals surface area (Å²) in [6, 6.07) is 6.52. The van der Waals surface area contributed by atoms with Gasteiger partial charge in [0.15, 0.2) is 5.16 Å². The smallest absolute Gasteiger partial charge is 0.240 e. The van der Waals surface area contributed by atoms with Gasteiger partial charge < -0.3 is 15.0 Å². The minimum atomic E-state index is -0.274. The number of nitrogens with one attached hydrogen (secondary N) is 1. The first-order valence-corrected chi connectivity index (χ1v) is 8.03. The van der Waals surface area contributed by atoms with Gasteiger partial charge in [-0.25, -0.2) is 9.37 Å². The van der Waals surface area contributed by atoms with E-state index in [1.807, 2.05) is 0 Å². The number of halogens is 1. The fraction of sp³-hybridized carbons (Fsp3) is 0.250. The molecule has 0 bridgehead atoms. The second kappa shape index (κ2) is 8.50. The van der Waals surface area contributed by atoms with Gasteiger partial charge in [0, 0.05) is 12.3 Å². The Bertz CT molecular complexity index is 688. The molecule has 0 unspecified atom stereocenters. The molecule has 2 N–H and O–H groups in total. The van der Waals surface area contributed by atoms with Crippen LogP contribution in [0.15, 0.2) is 48.3 Å². The molecule has 1 heterocycles. The van der Waals surface area contributed by atoms with Crippen LogP contribution in [0.3, 0.4) is 0 Å². The van der Waals surface area contributed by atoms with E-state index in [1.54, 1.807) is 28.8 Å². The quantitative estimate of drug-likeness (QED) is 0.573. The predicted octanol–water partition coefficient (Wildman–Crippen LogP) is 2.11. The van der Waals surface area contributed by atoms with Crippen LogP contribution in [0, 0.1) is 5.82 Å². The Morgan fingerprint density at radius 1 is 1.48 bits per heavy atom. The number of carbonyl (C=O) groups is 1. The molecule has 0 aliphatic rings. The maximum Gasteiger partial charge on any atom is 0.240 e. The molecule has 0 saturated heterocycles. The fourth-order valence-electron chi connectivity index (χ4n) is 1.95. The van der Waals surface area contributed by atoms with Gasteiger partial charge in [0.1, 0.15) is 12.4 Å². The summed E-state index contributed by atoms with van der Waals surface area (Å²) < 4.78 is 15.3. The van der Waals surface area contributed by atoms with Crippen LogP contribution < -0.4 is 5.32 Å². The molecule has 0 saturated carbocycles. The number of aliphatic hydroxyl groups excluding tert-OH is 1. The topological polar surface area (TPSA) is 67.2 Å². The fourth-order valence-corrected chi connectivity index (χ4v) is 2.93. The van der Waals surface area contributed by atoms with Crippen LogP contribution in [0.5, 0.6) is 0 Å². The van der Waals surface area contributed by atoms with Crippen molar-refractivity contribution in [2.45, 2.75) is 24.1 Å². The number of nitrogens with zero attached hydrogens (tertiary/aromatic N) is 2. The molecule has 0 aliphatic heterocycles. The first-order valence-electron chi connectivity index (χ1n) is 7.04. The van der Waals surface area contributed by atoms with Crippen LogP contribution in [0.1, 0.15) is 11.3 Å². The highest BCUT2D eigenvalue weighted by Gasteiger charge is 2.14. The lowest BCUT2D eigenvalue weighted by molar-refractivity contribution is -0.121. The maximum absolute atomic E-state index is 13.7. The molecular formula is C16H18FN3O2S. The van der Waals surface area contributed by atoms with Gasteiger partial charge >= 0.3 is 0 Å². The number of aromatic nitrogens is 2. The third-order valence-electron chi connectivity index (χ3n) is 3.12. The van der Waals surface area contributed by atoms with Crippen molar-refractivity contribution >= 4 is 17.7 Å². The minimum Gasteiger partial charge on any atom is -0.390 e. The van der Waals surface area contributed by atoms with Crippen molar-refractivity contribution in [3.05, 3.63) is 60.2 Å². The average Bonchev–Trinajstić information content (AvgIpc) is 2.94. The Morgan fingerprint density at radius 3 is 2.96 bits per heavy atom. The van der Waals surface area contributed by atoms with E-state index < -0.39 is 0 Å². The molecule has 7 heteroatoms. The molecule has 0 aliphatic carbocycles. The standard InChI is InChI=1S/C16H18FN3O2S/c1-2-7-18-15(22)9-20-13(10-21)8-19-16(20)23-11-12-5-3-4-6-14(12)17/h2-6,8,21H,1,7,9-11H2,(H,18,22). The molecule has 23 heavy (non-hydrogen) atoms. The van der Waals surface area contributed by atoms with Crippen LogP contribution >= 0.6 is 11.8 Å². The van der Waals surface area contributed by atoms with Gasteiger partial charge in [-0.1, -0.05) is 36.0 Å². The zero-order valence-corrected chi connectivity index (χ0v) is 13.4. The number of rotatable bonds is 8. The molecule has 2 aromatic rings. The summed E-state index contributed by atoms with van der Waals surface area (Å²) in [5, 5.41) is 12.6. The number of hydrogen-bond donors (Lipinski definition) is 2. The van der Waals surface area contributed by atoms with E-state index >= 15 is 0 Å². The minimum absolute atomic E-state index is 0.0450. The molecule has 2 rings (SSSR count). The number of aliphatic hydroxyl groups is 1. The lowest BCUT2D eigenvalue weighted by Gasteiger charge is -2.10. The van der Waals surface area contributed by atoms with Gasteiger partial charge in [0.05, 0.1) is 18.5 Å². The molecule has 0 radical (unpaired) electrons. The molecule has 122 valence electrons. The molecule has 0 spiro atoms. The highest BCUT2D eigenvalue weighted by molar-refractivity contribution is 7.98. The van der Waals surface area contributed by atoms with Crippen LogP contribution in [0.4, 0.5) is 4.39 Å². The second-order valence-corrected chi connectivity index (χ2v) is 5.69. The van der Waals surface area contributed by atoms with Gasteiger partial charge in [-0.2, -0.15) is 0 Å². The predicted molar refractivity (Wildman–Crippen MR) is 87.3 cm³/mol. The summed E-state index contributed by atoms with van der Waals surface area (Å²) >= 11 is 1.32. The number of thioether (sulfide) groups is 1. The third kappa shape index (κ3) is 4.67. The van der Waals surface area contributed by atoms with Crippen molar-refractivity contribution in [3.63, 3.8) is 0 Å². The largest absolute Gasteiger partial charge is 0.390 e. The van der Waals surface area contributed by atoms with E-state index in [2.05, 4.69) is 16.9 Å². The van der Waals surface area contributed by atoms with E-state index in [4.69, 9.17) is 0 Å². The van der Waals surface area contributed by atoms with Crippen molar-refractivity contribution in [1.82, 2.24) is 14.9 Å². The van der Waals surface area contributed by atoms with E-state index in [0.717, 1.165) is 0 Å². The Kier molecular flexibility index (Phi) is 6.37. The van der Waals surface area contributed by atoms with Crippen molar-refractivity contribution < 1.29 is 14.3 Å². The van der Waals surface area contributed by atoms with Gasteiger partial charge in [-0.3, -0.25) is 4.79 Å². The molecular weight excluding hydrogens is 317 g/mol. The second-order valence-electron chi connectivity index (χ2n) is 4.75. The number of imidazole rings is 1. The zero-order valence-electron chi connectivity index (χ0n) is 12.5. The monoisotopic (exact) mass is 335 g/mol. The summed E-state index contributed by atoms with van der Waals surface area (Å²) in [7, 11) is 0. The van der Waals surface area contributed by atoms with Gasteiger partial charge in [-0.15, -0.1) is 6.58 Å². The van der Waals surface area contributed by atoms with Gasteiger partial charge in [0.2, 0.25) is 5.91 Å². The van der Waals surface area contributed by atoms with Crippen LogP contribution in [0.25, 0.3) is 0 Å². The first kappa shape index (κ1) is 17.2. The molecule has 1 aromatic heterocycles. The molecule has 1 aromatic carbocycles. The maximum atomic E-state index is 13.7. The Labute approximate surface area is 138 Å². The Hall–Kier alpha value is -2.12. The summed E-state index contributed by atoms with van der Waals surface area (Å²) in [5.74, 6) is -0.0856. The van der Waals surface area contributed by atoms with Crippen LogP contribution in [-0.4, -0.2) is 27.1 Å². The summed E-state index contributed by atoms with van der Waals surface area (Å²) in [6.07, 6.45) is 3.11. The highest BCUT2D eigenvalue weighted by atomic mass is 32.2. The Balaban J connectivity index is 2.09. The summed E-state index contributed by atoms with van der Waals surface area (Å²) in [4.78, 5) is 16.1. The normalized spacial score (nSPS) is 10.5. The lowest BCUT2D eigenvalue weighted by atomic mass is 10.2. The van der Waals surface area contributed by atoms with Crippen molar-refractivity contribution in [2.75, 3.05) is 6.54 Å². The number of benzene rings is 1. The summed E-state index contributed by atoms with van der Waals surface area (Å²) in [6.45, 7) is 3.74. The highest BCUT2D eigenvalue weighted by Crippen LogP contribution is 2.24. The zero-order chi connectivity index (χ0) is 16.7. The molecule has 0 fully saturated rings. The van der Waals surface area contributed by atoms with Crippen LogP contribution in [0.2, 0.25) is 0 Å². The lowest BCUT2D eigenvalue weighted by Crippen LogP contribution is -2.28. The van der Waals surface area contributed by atoms with Gasteiger partial charge in [-0.05, 0) is 11.6 Å². The Morgan fingerprint density at radius 2 is 2.26 bits per heavy atom. The van der Waals surface area contributed by atoms with E-state index in [-0.39, 0.29) is 24.9 Å². The van der Waals surface area contributed by atoms with Gasteiger partial charge in [0.25, 0.3) is 0 Å². The average molecular weight is 335 g/mol. The van der Waals surface area contributed by atoms with E-state index in [9.17, 15) is 14.3 Å². The first-order chi connectivity index (χ1) is 11.2. The van der Waals surface area contributed by atoms with E-state index in [1.165, 1.54) is 24.0 Å². The third-order valence-corrected chi connectivity index (χ3v) is 4.16. The van der Waals surface area contributed by atoms with Crippen molar-refractivity contribution in [2.24, 2.45) is 0 Å². The molecule has 5 nitrogen and oxygen atoms in total. The van der Waals surface area contributed by atoms with Crippen molar-refractivity contribution in [3.8, 4) is 0 Å². The van der Waals surface area contributed by atoms with E-state index in [0.29, 0.717) is 28.7 Å². The van der Waals surface area contributed by atoms with Crippen molar-refractivity contribution in [1.29, 1.82) is 0 Å². The summed E-state index contributed by atoms with van der Waals surface area (Å²) in [5.41, 5.74) is 1.10. The number of amides is 1. The molecule has 0 atom stereocenters. The van der Waals surface area contributed by atoms with Crippen LogP contribution in [-0.2, 0) is 23.7 Å². The SMILES string of the molecule is C=CCNC(=O)Cn1c(CO)cnc1SCc1ccccc1F. The number of carbonyl (C=O) groups excluding carboxylic acids is 1. The number of hydrogen-bond acceptors (Lipinski definition) is 4. The molecule has 1 amide bonds.